The van der Waals surface area contributed by atoms with Crippen molar-refractivity contribution in [2.45, 2.75) is 13.2 Å². The maximum atomic E-state index is 12.6. The quantitative estimate of drug-likeness (QED) is 0.282. The van der Waals surface area contributed by atoms with Gasteiger partial charge in [-0.25, -0.2) is 9.97 Å². The molecular formula is C18H21ClF2N8O. The Morgan fingerprint density at radius 3 is 2.87 bits per heavy atom. The molecule has 30 heavy (non-hydrogen) atoms. The van der Waals surface area contributed by atoms with Gasteiger partial charge in [0.15, 0.2) is 11.6 Å². The summed E-state index contributed by atoms with van der Waals surface area (Å²) in [6.07, 6.45) is 3.18. The Balaban J connectivity index is 1.51. The number of nitrogens with zero attached hydrogens (tertiary/aromatic N) is 5. The predicted octanol–water partition coefficient (Wildman–Crippen LogP) is 2.40. The molecule has 3 rings (SSSR count). The topological polar surface area (TPSA) is 101 Å². The second kappa shape index (κ2) is 10.0. The molecule has 0 saturated carbocycles. The van der Waals surface area contributed by atoms with Crippen molar-refractivity contribution in [3.8, 4) is 5.75 Å². The summed E-state index contributed by atoms with van der Waals surface area (Å²) in [7, 11) is 3.43. The number of benzene rings is 1. The molecule has 0 aliphatic heterocycles. The van der Waals surface area contributed by atoms with Crippen LogP contribution in [-0.2, 0) is 13.6 Å². The molecule has 0 saturated heterocycles. The number of rotatable bonds is 8. The summed E-state index contributed by atoms with van der Waals surface area (Å²) in [5.41, 5.74) is 1.23. The SMILES string of the molecule is CN=C(NCCNc1ncnc2c1cnn2C)NCc1cc(Cl)ccc1OC(F)F. The number of hydrogen-bond donors (Lipinski definition) is 3. The number of anilines is 1. The van der Waals surface area contributed by atoms with E-state index >= 15 is 0 Å². The van der Waals surface area contributed by atoms with Crippen molar-refractivity contribution < 1.29 is 13.5 Å². The number of aryl methyl sites for hydroxylation is 1. The summed E-state index contributed by atoms with van der Waals surface area (Å²) in [6, 6.07) is 4.47. The molecule has 2 aromatic heterocycles. The number of aliphatic imine (C=N–C) groups is 1. The van der Waals surface area contributed by atoms with Gasteiger partial charge in [-0.15, -0.1) is 0 Å². The molecule has 0 bridgehead atoms. The minimum atomic E-state index is -2.92. The molecule has 3 aromatic rings. The molecule has 0 amide bonds. The molecular weight excluding hydrogens is 418 g/mol. The van der Waals surface area contributed by atoms with E-state index in [1.165, 1.54) is 18.5 Å². The van der Waals surface area contributed by atoms with Crippen LogP contribution in [0.5, 0.6) is 5.75 Å². The van der Waals surface area contributed by atoms with Gasteiger partial charge in [0, 0.05) is 44.3 Å². The van der Waals surface area contributed by atoms with E-state index < -0.39 is 6.61 Å². The Kier molecular flexibility index (Phi) is 7.17. The lowest BCUT2D eigenvalue weighted by atomic mass is 10.2. The van der Waals surface area contributed by atoms with Gasteiger partial charge in [0.1, 0.15) is 17.9 Å². The van der Waals surface area contributed by atoms with Crippen molar-refractivity contribution in [1.82, 2.24) is 30.4 Å². The largest absolute Gasteiger partial charge is 0.434 e. The van der Waals surface area contributed by atoms with Crippen LogP contribution < -0.4 is 20.7 Å². The second-order valence-corrected chi connectivity index (χ2v) is 6.57. The molecule has 0 aliphatic carbocycles. The van der Waals surface area contributed by atoms with Gasteiger partial charge in [0.25, 0.3) is 0 Å². The Morgan fingerprint density at radius 2 is 2.10 bits per heavy atom. The smallest absolute Gasteiger partial charge is 0.387 e. The van der Waals surface area contributed by atoms with Crippen LogP contribution in [0.1, 0.15) is 5.56 Å². The fraction of sp³-hybridized carbons (Fsp3) is 0.333. The van der Waals surface area contributed by atoms with Crippen LogP contribution in [0, 0.1) is 0 Å². The van der Waals surface area contributed by atoms with E-state index in [4.69, 9.17) is 11.6 Å². The lowest BCUT2D eigenvalue weighted by Gasteiger charge is -2.15. The summed E-state index contributed by atoms with van der Waals surface area (Å²) in [5, 5.41) is 14.8. The van der Waals surface area contributed by atoms with Crippen LogP contribution in [-0.4, -0.2) is 52.5 Å². The average Bonchev–Trinajstić information content (AvgIpc) is 3.10. The van der Waals surface area contributed by atoms with Gasteiger partial charge in [0.2, 0.25) is 0 Å². The van der Waals surface area contributed by atoms with E-state index in [0.717, 1.165) is 11.0 Å². The summed E-state index contributed by atoms with van der Waals surface area (Å²) in [5.74, 6) is 1.24. The maximum absolute atomic E-state index is 12.6. The first kappa shape index (κ1) is 21.5. The monoisotopic (exact) mass is 438 g/mol. The summed E-state index contributed by atoms with van der Waals surface area (Å²) < 4.78 is 31.4. The Hall–Kier alpha value is -3.21. The van der Waals surface area contributed by atoms with Crippen molar-refractivity contribution in [3.05, 3.63) is 41.3 Å². The Morgan fingerprint density at radius 1 is 1.27 bits per heavy atom. The Labute approximate surface area is 176 Å². The average molecular weight is 439 g/mol. The van der Waals surface area contributed by atoms with Crippen molar-refractivity contribution in [2.75, 3.05) is 25.5 Å². The van der Waals surface area contributed by atoms with Crippen LogP contribution in [0.2, 0.25) is 5.02 Å². The van der Waals surface area contributed by atoms with E-state index in [-0.39, 0.29) is 12.3 Å². The summed E-state index contributed by atoms with van der Waals surface area (Å²) in [4.78, 5) is 12.6. The third-order valence-corrected chi connectivity index (χ3v) is 4.38. The van der Waals surface area contributed by atoms with Crippen molar-refractivity contribution in [1.29, 1.82) is 0 Å². The van der Waals surface area contributed by atoms with E-state index in [1.807, 2.05) is 7.05 Å². The third-order valence-electron chi connectivity index (χ3n) is 4.15. The first-order valence-electron chi connectivity index (χ1n) is 9.02. The van der Waals surface area contributed by atoms with Crippen molar-refractivity contribution in [2.24, 2.45) is 12.0 Å². The van der Waals surface area contributed by atoms with Gasteiger partial charge in [-0.2, -0.15) is 13.9 Å². The molecule has 2 heterocycles. The minimum Gasteiger partial charge on any atom is -0.434 e. The highest BCUT2D eigenvalue weighted by molar-refractivity contribution is 6.30. The zero-order valence-electron chi connectivity index (χ0n) is 16.4. The van der Waals surface area contributed by atoms with Gasteiger partial charge in [0.05, 0.1) is 11.6 Å². The normalized spacial score (nSPS) is 11.7. The van der Waals surface area contributed by atoms with Crippen LogP contribution in [0.15, 0.2) is 35.7 Å². The number of alkyl halides is 2. The molecule has 12 heteroatoms. The molecule has 0 atom stereocenters. The molecule has 0 unspecified atom stereocenters. The van der Waals surface area contributed by atoms with Crippen LogP contribution in [0.4, 0.5) is 14.6 Å². The number of nitrogens with one attached hydrogen (secondary N) is 3. The van der Waals surface area contributed by atoms with Crippen LogP contribution >= 0.6 is 11.6 Å². The van der Waals surface area contributed by atoms with Crippen LogP contribution in [0.25, 0.3) is 11.0 Å². The van der Waals surface area contributed by atoms with Gasteiger partial charge in [-0.05, 0) is 18.2 Å². The second-order valence-electron chi connectivity index (χ2n) is 6.14. The van der Waals surface area contributed by atoms with Crippen molar-refractivity contribution in [3.63, 3.8) is 0 Å². The number of halogens is 3. The van der Waals surface area contributed by atoms with Crippen molar-refractivity contribution >= 4 is 34.4 Å². The Bertz CT molecular complexity index is 1030. The fourth-order valence-electron chi connectivity index (χ4n) is 2.76. The molecule has 0 radical (unpaired) electrons. The zero-order chi connectivity index (χ0) is 21.5. The van der Waals surface area contributed by atoms with Gasteiger partial charge in [-0.1, -0.05) is 11.6 Å². The number of guanidine groups is 1. The third kappa shape index (κ3) is 5.44. The van der Waals surface area contributed by atoms with E-state index in [0.29, 0.717) is 35.5 Å². The van der Waals surface area contributed by atoms with Gasteiger partial charge >= 0.3 is 6.61 Å². The highest BCUT2D eigenvalue weighted by atomic mass is 35.5. The first-order chi connectivity index (χ1) is 14.5. The fourth-order valence-corrected chi connectivity index (χ4v) is 2.96. The molecule has 3 N–H and O–H groups in total. The summed E-state index contributed by atoms with van der Waals surface area (Å²) >= 11 is 5.96. The molecule has 9 nitrogen and oxygen atoms in total. The predicted molar refractivity (Wildman–Crippen MR) is 111 cm³/mol. The van der Waals surface area contributed by atoms with E-state index in [9.17, 15) is 8.78 Å². The molecule has 0 aliphatic rings. The molecule has 0 spiro atoms. The molecule has 160 valence electrons. The van der Waals surface area contributed by atoms with Gasteiger partial charge in [-0.3, -0.25) is 9.67 Å². The number of aromatic nitrogens is 4. The first-order valence-corrected chi connectivity index (χ1v) is 9.40. The number of hydrogen-bond acceptors (Lipinski definition) is 6. The highest BCUT2D eigenvalue weighted by Crippen LogP contribution is 2.24. The molecule has 0 fully saturated rings. The minimum absolute atomic E-state index is 0.0586. The zero-order valence-corrected chi connectivity index (χ0v) is 17.1. The number of ether oxygens (including phenoxy) is 1. The van der Waals surface area contributed by atoms with E-state index in [1.54, 1.807) is 24.0 Å². The lowest BCUT2D eigenvalue weighted by molar-refractivity contribution is -0.0504. The van der Waals surface area contributed by atoms with Crippen LogP contribution in [0.3, 0.4) is 0 Å². The summed E-state index contributed by atoms with van der Waals surface area (Å²) in [6.45, 7) is -1.63. The maximum Gasteiger partial charge on any atom is 0.387 e. The highest BCUT2D eigenvalue weighted by Gasteiger charge is 2.11. The molecule has 1 aromatic carbocycles. The number of fused-ring (bicyclic) bond motifs is 1. The lowest BCUT2D eigenvalue weighted by Crippen LogP contribution is -2.39. The van der Waals surface area contributed by atoms with E-state index in [2.05, 4.69) is 40.7 Å². The van der Waals surface area contributed by atoms with Gasteiger partial charge < -0.3 is 20.7 Å². The standard InChI is InChI=1S/C18H21ClF2N8O/c1-22-18(25-8-11-7-12(19)3-4-14(11)30-17(20)21)24-6-5-23-15-13-9-28-29(2)16(13)27-10-26-15/h3-4,7,9-10,17H,5-6,8H2,1-2H3,(H2,22,24,25)(H,23,26,27).